The number of anilines is 1. The van der Waals surface area contributed by atoms with Crippen LogP contribution in [0.1, 0.15) is 5.56 Å². The molecule has 5 nitrogen and oxygen atoms in total. The van der Waals surface area contributed by atoms with Crippen LogP contribution < -0.4 is 26.6 Å². The number of nitrogens with two attached hydrogens (primary N) is 1. The summed E-state index contributed by atoms with van der Waals surface area (Å²) in [5.41, 5.74) is 3.70. The predicted molar refractivity (Wildman–Crippen MR) is 91.6 cm³/mol. The van der Waals surface area contributed by atoms with Crippen LogP contribution >= 0.6 is 0 Å². The summed E-state index contributed by atoms with van der Waals surface area (Å²) < 4.78 is 0. The molecule has 0 fully saturated rings. The van der Waals surface area contributed by atoms with Crippen LogP contribution in [0.2, 0.25) is 0 Å². The molecule has 0 saturated heterocycles. The number of benzene rings is 2. The third-order valence-electron chi connectivity index (χ3n) is 4.00. The number of rotatable bonds is 3. The highest BCUT2D eigenvalue weighted by Crippen LogP contribution is 2.26. The van der Waals surface area contributed by atoms with E-state index in [1.54, 1.807) is 6.07 Å². The van der Waals surface area contributed by atoms with Crippen LogP contribution in [0, 0.1) is 6.92 Å². The molecular weight excluding hydrogens is 290 g/mol. The van der Waals surface area contributed by atoms with Gasteiger partial charge in [-0.15, -0.1) is 0 Å². The maximum absolute atomic E-state index is 11.6. The number of aliphatic hydroxyl groups is 1. The lowest BCUT2D eigenvalue weighted by atomic mass is 9.98. The molecule has 1 aliphatic rings. The smallest absolute Gasteiger partial charge is 0.266 e. The fourth-order valence-electron chi connectivity index (χ4n) is 2.68. The molecule has 1 heterocycles. The number of aliphatic hydroxyl groups excluding tert-OH is 1. The molecular formula is C18H19N3O2. The van der Waals surface area contributed by atoms with Crippen LogP contribution in [0.4, 0.5) is 5.69 Å². The average Bonchev–Trinajstić information content (AvgIpc) is 2.60. The molecule has 4 N–H and O–H groups in total. The molecule has 0 aromatic heterocycles. The minimum Gasteiger partial charge on any atom is -0.387 e. The Balaban J connectivity index is 2.08. The van der Waals surface area contributed by atoms with Gasteiger partial charge >= 0.3 is 0 Å². The summed E-state index contributed by atoms with van der Waals surface area (Å²) in [5.74, 6) is 5.22. The topological polar surface area (TPSA) is 78.6 Å². The number of nitrogens with zero attached hydrogens (tertiary/aromatic N) is 1. The van der Waals surface area contributed by atoms with Gasteiger partial charge in [0.25, 0.3) is 5.91 Å². The lowest BCUT2D eigenvalue weighted by Gasteiger charge is -2.18. The van der Waals surface area contributed by atoms with Crippen molar-refractivity contribution in [1.82, 2.24) is 5.32 Å². The molecule has 0 unspecified atom stereocenters. The molecule has 0 saturated carbocycles. The second-order valence-electron chi connectivity index (χ2n) is 5.52. The second kappa shape index (κ2) is 6.24. The van der Waals surface area contributed by atoms with Crippen LogP contribution in [0.3, 0.4) is 0 Å². The summed E-state index contributed by atoms with van der Waals surface area (Å²) in [6.45, 7) is 2.24. The summed E-state index contributed by atoms with van der Waals surface area (Å²) in [6.07, 6.45) is 4.15. The number of amides is 1. The molecule has 2 aromatic carbocycles. The Kier molecular flexibility index (Phi) is 4.14. The Morgan fingerprint density at radius 3 is 2.87 bits per heavy atom. The maximum Gasteiger partial charge on any atom is 0.266 e. The molecule has 23 heavy (non-hydrogen) atoms. The molecule has 1 amide bonds. The van der Waals surface area contributed by atoms with Crippen molar-refractivity contribution in [3.63, 3.8) is 0 Å². The molecule has 3 rings (SSSR count). The van der Waals surface area contributed by atoms with Gasteiger partial charge in [0, 0.05) is 12.7 Å². The van der Waals surface area contributed by atoms with Gasteiger partial charge in [-0.2, -0.15) is 0 Å². The third kappa shape index (κ3) is 2.97. The molecule has 2 aromatic rings. The van der Waals surface area contributed by atoms with Gasteiger partial charge in [-0.3, -0.25) is 4.79 Å². The van der Waals surface area contributed by atoms with E-state index < -0.39 is 12.5 Å². The number of aryl methyl sites for hydroxylation is 1. The summed E-state index contributed by atoms with van der Waals surface area (Å²) in [4.78, 5) is 11.6. The fourth-order valence-corrected chi connectivity index (χ4v) is 2.68. The van der Waals surface area contributed by atoms with Crippen molar-refractivity contribution < 1.29 is 9.90 Å². The molecule has 0 bridgehead atoms. The first-order valence-corrected chi connectivity index (χ1v) is 7.43. The summed E-state index contributed by atoms with van der Waals surface area (Å²) in [7, 11) is 0. The number of nitrogens with one attached hydrogen (secondary N) is 1. The van der Waals surface area contributed by atoms with Crippen molar-refractivity contribution in [3.8, 4) is 11.1 Å². The van der Waals surface area contributed by atoms with E-state index >= 15 is 0 Å². The first-order chi connectivity index (χ1) is 11.1. The van der Waals surface area contributed by atoms with Crippen LogP contribution in [0.5, 0.6) is 0 Å². The van der Waals surface area contributed by atoms with Crippen LogP contribution in [0.25, 0.3) is 23.4 Å². The minimum atomic E-state index is -0.616. The van der Waals surface area contributed by atoms with Crippen LogP contribution in [-0.4, -0.2) is 24.2 Å². The van der Waals surface area contributed by atoms with E-state index in [4.69, 9.17) is 10.9 Å². The number of hydrazine groups is 1. The Hall–Kier alpha value is -2.63. The molecule has 0 aliphatic carbocycles. The van der Waals surface area contributed by atoms with E-state index in [1.165, 1.54) is 5.22 Å². The molecule has 118 valence electrons. The normalized spacial score (nSPS) is 12.5. The lowest BCUT2D eigenvalue weighted by Crippen LogP contribution is -2.39. The predicted octanol–water partition coefficient (Wildman–Crippen LogP) is -0.0173. The van der Waals surface area contributed by atoms with Crippen molar-refractivity contribution >= 4 is 23.9 Å². The fraction of sp³-hybridized carbons (Fsp3) is 0.167. The van der Waals surface area contributed by atoms with Crippen molar-refractivity contribution in [3.05, 3.63) is 52.4 Å². The van der Waals surface area contributed by atoms with Gasteiger partial charge in [0.1, 0.15) is 6.61 Å². The van der Waals surface area contributed by atoms with Gasteiger partial charge in [-0.1, -0.05) is 24.3 Å². The zero-order valence-electron chi connectivity index (χ0n) is 12.9. The van der Waals surface area contributed by atoms with E-state index in [2.05, 4.69) is 29.6 Å². The molecule has 0 spiro atoms. The summed E-state index contributed by atoms with van der Waals surface area (Å²) in [5, 5.41) is 15.5. The van der Waals surface area contributed by atoms with E-state index in [-0.39, 0.29) is 0 Å². The van der Waals surface area contributed by atoms with Crippen molar-refractivity contribution in [2.24, 2.45) is 5.84 Å². The number of fused-ring (bicyclic) bond motifs is 1. The Morgan fingerprint density at radius 2 is 2.09 bits per heavy atom. The summed E-state index contributed by atoms with van der Waals surface area (Å²) >= 11 is 0. The van der Waals surface area contributed by atoms with Crippen molar-refractivity contribution in [1.29, 1.82) is 0 Å². The summed E-state index contributed by atoms with van der Waals surface area (Å²) in [6, 6.07) is 11.8. The van der Waals surface area contributed by atoms with Gasteiger partial charge in [-0.25, -0.2) is 10.9 Å². The van der Waals surface area contributed by atoms with Crippen LogP contribution in [0.15, 0.2) is 36.4 Å². The molecule has 0 atom stereocenters. The minimum absolute atomic E-state index is 0.544. The monoisotopic (exact) mass is 309 g/mol. The van der Waals surface area contributed by atoms with E-state index in [0.717, 1.165) is 33.5 Å². The zero-order valence-corrected chi connectivity index (χ0v) is 12.9. The van der Waals surface area contributed by atoms with Gasteiger partial charge in [0.05, 0.1) is 5.69 Å². The van der Waals surface area contributed by atoms with Gasteiger partial charge in [-0.05, 0) is 52.3 Å². The quantitative estimate of drug-likeness (QED) is 0.423. The first kappa shape index (κ1) is 15.3. The van der Waals surface area contributed by atoms with E-state index in [1.807, 2.05) is 25.3 Å². The Bertz CT molecular complexity index is 874. The van der Waals surface area contributed by atoms with E-state index in [9.17, 15) is 4.79 Å². The number of carbonyl (C=O) groups excluding carboxylic acids is 1. The van der Waals surface area contributed by atoms with Gasteiger partial charge in [0.15, 0.2) is 0 Å². The first-order valence-electron chi connectivity index (χ1n) is 7.43. The average molecular weight is 309 g/mol. The second-order valence-corrected chi connectivity index (χ2v) is 5.52. The van der Waals surface area contributed by atoms with Gasteiger partial charge in [0.2, 0.25) is 0 Å². The largest absolute Gasteiger partial charge is 0.387 e. The highest BCUT2D eigenvalue weighted by Gasteiger charge is 2.12. The SMILES string of the molecule is Cc1ccc(N(N)C(=O)CO)cc1-c1ccc2c(c1)=CNCC=2. The van der Waals surface area contributed by atoms with Crippen molar-refractivity contribution in [2.75, 3.05) is 18.2 Å². The zero-order chi connectivity index (χ0) is 16.4. The molecule has 0 radical (unpaired) electrons. The number of carbonyl (C=O) groups is 1. The number of hydrogen-bond acceptors (Lipinski definition) is 4. The van der Waals surface area contributed by atoms with Gasteiger partial charge < -0.3 is 10.4 Å². The Labute approximate surface area is 134 Å². The number of hydrogen-bond donors (Lipinski definition) is 3. The van der Waals surface area contributed by atoms with Crippen LogP contribution in [-0.2, 0) is 4.79 Å². The van der Waals surface area contributed by atoms with E-state index in [0.29, 0.717) is 5.69 Å². The Morgan fingerprint density at radius 1 is 1.26 bits per heavy atom. The maximum atomic E-state index is 11.6. The molecule has 5 heteroatoms. The highest BCUT2D eigenvalue weighted by molar-refractivity contribution is 5.93. The molecule has 1 aliphatic heterocycles. The standard InChI is InChI=1S/C18H19N3O2/c1-12-2-5-16(21(19)18(23)11-22)9-17(12)14-4-3-13-6-7-20-10-15(13)8-14/h2-6,8-10,20,22H,7,11,19H2,1H3. The van der Waals surface area contributed by atoms with Crippen molar-refractivity contribution in [2.45, 2.75) is 6.92 Å². The third-order valence-corrected chi connectivity index (χ3v) is 4.00. The lowest BCUT2D eigenvalue weighted by molar-refractivity contribution is -0.121. The highest BCUT2D eigenvalue weighted by atomic mass is 16.3.